The van der Waals surface area contributed by atoms with E-state index in [0.29, 0.717) is 77.8 Å². The van der Waals surface area contributed by atoms with Crippen LogP contribution in [0, 0.1) is 12.8 Å². The second-order valence-corrected chi connectivity index (χ2v) is 17.8. The van der Waals surface area contributed by atoms with E-state index in [0.717, 1.165) is 60.1 Å². The van der Waals surface area contributed by atoms with Crippen molar-refractivity contribution in [2.24, 2.45) is 10.9 Å². The zero-order valence-electron chi connectivity index (χ0n) is 36.8. The lowest BCUT2D eigenvalue weighted by atomic mass is 9.89. The van der Waals surface area contributed by atoms with Crippen LogP contribution < -0.4 is 24.3 Å². The van der Waals surface area contributed by atoms with Crippen LogP contribution in [0.4, 0.5) is 10.5 Å². The van der Waals surface area contributed by atoms with Gasteiger partial charge in [-0.2, -0.15) is 0 Å². The lowest BCUT2D eigenvalue weighted by molar-refractivity contribution is 0.0539. The average Bonchev–Trinajstić information content (AvgIpc) is 3.73. The van der Waals surface area contributed by atoms with Gasteiger partial charge in [-0.25, -0.2) is 4.79 Å². The molecular weight excluding hydrogens is 781 g/mol. The number of benzene rings is 2. The Hall–Kier alpha value is -4.91. The van der Waals surface area contributed by atoms with E-state index in [1.54, 1.807) is 54.0 Å². The number of amides is 3. The molecule has 2 aromatic carbocycles. The summed E-state index contributed by atoms with van der Waals surface area (Å²) in [5.41, 5.74) is 3.48. The molecule has 0 spiro atoms. The van der Waals surface area contributed by atoms with E-state index in [1.807, 2.05) is 40.0 Å². The van der Waals surface area contributed by atoms with Gasteiger partial charge in [-0.05, 0) is 94.4 Å². The number of alkyl carbamates (subject to hydrolysis) is 1. The van der Waals surface area contributed by atoms with Crippen molar-refractivity contribution in [1.82, 2.24) is 15.1 Å². The molecule has 0 unspecified atom stereocenters. The van der Waals surface area contributed by atoms with Gasteiger partial charge in [-0.1, -0.05) is 51.7 Å². The van der Waals surface area contributed by atoms with Gasteiger partial charge < -0.3 is 38.8 Å². The molecule has 4 atom stereocenters. The Kier molecular flexibility index (Phi) is 15.8. The molecule has 2 saturated heterocycles. The van der Waals surface area contributed by atoms with E-state index in [1.165, 1.54) is 0 Å². The maximum absolute atomic E-state index is 14.3. The van der Waals surface area contributed by atoms with Crippen LogP contribution in [0.25, 0.3) is 0 Å². The molecular formula is C47H64N4O8S. The molecule has 1 N–H and O–H groups in total. The number of ether oxygens (including phenoxy) is 5. The monoisotopic (exact) mass is 844 g/mol. The molecule has 0 aromatic heterocycles. The highest BCUT2D eigenvalue weighted by Gasteiger charge is 2.46. The Bertz CT molecular complexity index is 1980. The van der Waals surface area contributed by atoms with E-state index in [9.17, 15) is 14.4 Å². The summed E-state index contributed by atoms with van der Waals surface area (Å²) >= 11 is 1.76. The highest BCUT2D eigenvalue weighted by Crippen LogP contribution is 2.40. The Morgan fingerprint density at radius 2 is 1.60 bits per heavy atom. The van der Waals surface area contributed by atoms with Gasteiger partial charge in [0.2, 0.25) is 0 Å². The molecule has 3 aliphatic rings. The number of fused-ring (bicyclic) bond motifs is 2. The summed E-state index contributed by atoms with van der Waals surface area (Å²) in [4.78, 5) is 49.8. The SMILES string of the molecule is C=C1C[C@H]2C=Nc3cc(OCCCCCOc4cc(C)c(C(=O)N5CC(=C)C[C@@]5(C)[C@H](C)NC(=O)OC[C@@H](C)C(=C)SC(CC)CC)cc4OC)c(OC)cc3C(=O)N2C1. The second kappa shape index (κ2) is 20.6. The lowest BCUT2D eigenvalue weighted by Crippen LogP contribution is -2.58. The van der Waals surface area contributed by atoms with Gasteiger partial charge in [0.05, 0.1) is 56.3 Å². The first-order valence-electron chi connectivity index (χ1n) is 21.1. The molecule has 12 nitrogen and oxygen atoms in total. The Balaban J connectivity index is 1.12. The minimum Gasteiger partial charge on any atom is -0.493 e. The molecule has 3 aliphatic heterocycles. The highest BCUT2D eigenvalue weighted by molar-refractivity contribution is 8.03. The summed E-state index contributed by atoms with van der Waals surface area (Å²) in [5.74, 6) is 1.79. The number of thioether (sulfide) groups is 1. The van der Waals surface area contributed by atoms with Gasteiger partial charge in [0, 0.05) is 42.1 Å². The molecule has 0 saturated carbocycles. The summed E-state index contributed by atoms with van der Waals surface area (Å²) in [6, 6.07) is 6.54. The number of aryl methyl sites for hydroxylation is 1. The minimum absolute atomic E-state index is 0.00863. The van der Waals surface area contributed by atoms with Crippen molar-refractivity contribution in [2.45, 2.75) is 109 Å². The van der Waals surface area contributed by atoms with Crippen LogP contribution in [0.3, 0.4) is 0 Å². The van der Waals surface area contributed by atoms with Crippen molar-refractivity contribution in [3.63, 3.8) is 0 Å². The number of nitrogens with zero attached hydrogens (tertiary/aromatic N) is 3. The molecule has 3 amide bonds. The summed E-state index contributed by atoms with van der Waals surface area (Å²) in [7, 11) is 3.12. The van der Waals surface area contributed by atoms with Gasteiger partial charge in [0.25, 0.3) is 11.8 Å². The molecule has 3 heterocycles. The first kappa shape index (κ1) is 46.2. The molecule has 2 fully saturated rings. The van der Waals surface area contributed by atoms with Crippen molar-refractivity contribution in [3.8, 4) is 23.0 Å². The third-order valence-corrected chi connectivity index (χ3v) is 13.6. The normalized spacial score (nSPS) is 19.4. The molecule has 13 heteroatoms. The fourth-order valence-electron chi connectivity index (χ4n) is 7.87. The van der Waals surface area contributed by atoms with E-state index in [4.69, 9.17) is 23.7 Å². The number of aliphatic imine (C=N–C) groups is 1. The summed E-state index contributed by atoms with van der Waals surface area (Å²) in [5, 5.41) is 3.49. The van der Waals surface area contributed by atoms with Gasteiger partial charge in [-0.15, -0.1) is 11.8 Å². The van der Waals surface area contributed by atoms with Gasteiger partial charge in [0.1, 0.15) is 6.61 Å². The number of hydrogen-bond acceptors (Lipinski definition) is 10. The number of nitrogens with one attached hydrogen (secondary N) is 1. The minimum atomic E-state index is -0.739. The summed E-state index contributed by atoms with van der Waals surface area (Å²) in [6.45, 7) is 26.6. The quantitative estimate of drug-likeness (QED) is 0.102. The van der Waals surface area contributed by atoms with Crippen molar-refractivity contribution >= 4 is 41.6 Å². The van der Waals surface area contributed by atoms with Crippen LogP contribution >= 0.6 is 11.8 Å². The first-order chi connectivity index (χ1) is 28.6. The Morgan fingerprint density at radius 1 is 0.950 bits per heavy atom. The maximum atomic E-state index is 14.3. The Morgan fingerprint density at radius 3 is 2.25 bits per heavy atom. The summed E-state index contributed by atoms with van der Waals surface area (Å²) in [6.07, 6.45) is 7.03. The van der Waals surface area contributed by atoms with Crippen molar-refractivity contribution in [1.29, 1.82) is 0 Å². The zero-order chi connectivity index (χ0) is 43.7. The third kappa shape index (κ3) is 10.7. The van der Waals surface area contributed by atoms with Crippen LogP contribution in [0.1, 0.15) is 106 Å². The zero-order valence-corrected chi connectivity index (χ0v) is 37.6. The molecule has 2 aromatic rings. The predicted molar refractivity (Wildman–Crippen MR) is 240 cm³/mol. The smallest absolute Gasteiger partial charge is 0.407 e. The molecule has 0 radical (unpaired) electrons. The van der Waals surface area contributed by atoms with Crippen LogP contribution in [-0.4, -0.2) is 104 Å². The van der Waals surface area contributed by atoms with E-state index in [2.05, 4.69) is 43.9 Å². The third-order valence-electron chi connectivity index (χ3n) is 11.9. The van der Waals surface area contributed by atoms with Gasteiger partial charge in [0.15, 0.2) is 23.0 Å². The average molecular weight is 845 g/mol. The molecule has 60 heavy (non-hydrogen) atoms. The molecule has 0 aliphatic carbocycles. The molecule has 326 valence electrons. The van der Waals surface area contributed by atoms with Crippen LogP contribution in [0.5, 0.6) is 23.0 Å². The fourth-order valence-corrected chi connectivity index (χ4v) is 8.93. The number of carbonyl (C=O) groups excluding carboxylic acids is 3. The maximum Gasteiger partial charge on any atom is 0.407 e. The van der Waals surface area contributed by atoms with Gasteiger partial charge >= 0.3 is 6.09 Å². The number of likely N-dealkylation sites (tertiary alicyclic amines) is 1. The highest BCUT2D eigenvalue weighted by atomic mass is 32.2. The van der Waals surface area contributed by atoms with E-state index in [-0.39, 0.29) is 30.4 Å². The lowest BCUT2D eigenvalue weighted by Gasteiger charge is -2.40. The largest absolute Gasteiger partial charge is 0.493 e. The predicted octanol–water partition coefficient (Wildman–Crippen LogP) is 9.47. The number of unbranched alkanes of at least 4 members (excludes halogenated alkanes) is 2. The number of hydrogen-bond donors (Lipinski definition) is 1. The molecule has 0 bridgehead atoms. The fraction of sp³-hybridized carbons (Fsp3) is 0.532. The van der Waals surface area contributed by atoms with Crippen molar-refractivity contribution in [3.05, 3.63) is 76.7 Å². The second-order valence-electron chi connectivity index (χ2n) is 16.4. The van der Waals surface area contributed by atoms with E-state index < -0.39 is 17.7 Å². The van der Waals surface area contributed by atoms with Crippen molar-refractivity contribution < 1.29 is 38.1 Å². The van der Waals surface area contributed by atoms with Crippen LogP contribution in [0.15, 0.2) is 65.0 Å². The number of methoxy groups -OCH3 is 2. The van der Waals surface area contributed by atoms with Gasteiger partial charge in [-0.3, -0.25) is 14.6 Å². The van der Waals surface area contributed by atoms with Crippen molar-refractivity contribution in [2.75, 3.05) is 47.1 Å². The van der Waals surface area contributed by atoms with E-state index >= 15 is 0 Å². The topological polar surface area (TPSA) is 128 Å². The summed E-state index contributed by atoms with van der Waals surface area (Å²) < 4.78 is 29.2. The molecule has 5 rings (SSSR count). The van der Waals surface area contributed by atoms with Crippen LogP contribution in [0.2, 0.25) is 0 Å². The first-order valence-corrected chi connectivity index (χ1v) is 22.0. The Labute approximate surface area is 360 Å². The number of rotatable bonds is 20. The standard InChI is InChI=1S/C47H64N4O8S/c1-12-36(13-2)60-33(7)32(6)28-59-46(54)49-34(8)47(9)24-30(4)27-51(47)45(53)37-21-40(55-10)42(20-31(37)5)57-17-15-14-16-18-58-43-23-39-38(22-41(43)56-11)44(52)50-26-29(3)19-35(50)25-48-39/h20-23,25,32,34-36H,3-4,7,12-19,24,26-28H2,1-2,5-6,8-11H3,(H,49,54)/t32-,34+,35+,47+/m1/s1. The van der Waals surface area contributed by atoms with Crippen LogP contribution in [-0.2, 0) is 4.74 Å². The number of carbonyl (C=O) groups is 3.